The Balaban J connectivity index is 2.33. The van der Waals surface area contributed by atoms with Crippen LogP contribution in [0, 0.1) is 6.92 Å². The first kappa shape index (κ1) is 13.1. The molecule has 5 nitrogen and oxygen atoms in total. The Hall–Kier alpha value is -1.37. The van der Waals surface area contributed by atoms with Gasteiger partial charge in [0.15, 0.2) is 0 Å². The monoisotopic (exact) mass is 327 g/mol. The standard InChI is InChI=1S/C11H11BrClN5/c1-6-15-10(5-11(16-6)18-14)17-9-4-7(13)2-3-8(9)12/h2-5H,14H2,1H3,(H2,15,16,17,18). The fourth-order valence-electron chi connectivity index (χ4n) is 1.44. The second-order valence-electron chi connectivity index (χ2n) is 3.58. The molecule has 0 aliphatic carbocycles. The number of benzene rings is 1. The van der Waals surface area contributed by atoms with Crippen molar-refractivity contribution in [2.75, 3.05) is 10.7 Å². The van der Waals surface area contributed by atoms with Gasteiger partial charge < -0.3 is 10.7 Å². The van der Waals surface area contributed by atoms with E-state index in [9.17, 15) is 0 Å². The number of halogens is 2. The van der Waals surface area contributed by atoms with Crippen molar-refractivity contribution in [3.8, 4) is 0 Å². The zero-order valence-corrected chi connectivity index (χ0v) is 11.9. The Morgan fingerprint density at radius 2 is 1.94 bits per heavy atom. The van der Waals surface area contributed by atoms with E-state index in [4.69, 9.17) is 17.4 Å². The van der Waals surface area contributed by atoms with Crippen molar-refractivity contribution in [2.45, 2.75) is 6.92 Å². The topological polar surface area (TPSA) is 75.9 Å². The Morgan fingerprint density at radius 3 is 2.67 bits per heavy atom. The number of nitrogens with two attached hydrogens (primary N) is 1. The Morgan fingerprint density at radius 1 is 1.22 bits per heavy atom. The lowest BCUT2D eigenvalue weighted by atomic mass is 10.3. The average Bonchev–Trinajstić information content (AvgIpc) is 2.33. The third-order valence-electron chi connectivity index (χ3n) is 2.18. The highest BCUT2D eigenvalue weighted by Crippen LogP contribution is 2.28. The molecule has 4 N–H and O–H groups in total. The third kappa shape index (κ3) is 3.10. The molecule has 0 saturated carbocycles. The molecule has 0 aliphatic rings. The van der Waals surface area contributed by atoms with Crippen LogP contribution in [-0.2, 0) is 0 Å². The van der Waals surface area contributed by atoms with E-state index in [0.717, 1.165) is 10.2 Å². The molecule has 0 amide bonds. The summed E-state index contributed by atoms with van der Waals surface area (Å²) in [5, 5.41) is 3.79. The number of hydrogen-bond donors (Lipinski definition) is 3. The maximum Gasteiger partial charge on any atom is 0.145 e. The van der Waals surface area contributed by atoms with Crippen LogP contribution in [0.15, 0.2) is 28.7 Å². The zero-order chi connectivity index (χ0) is 13.1. The molecule has 2 aromatic rings. The Bertz CT molecular complexity index is 575. The molecule has 0 unspecified atom stereocenters. The van der Waals surface area contributed by atoms with Gasteiger partial charge in [0.1, 0.15) is 17.5 Å². The molecule has 94 valence electrons. The predicted octanol–water partition coefficient (Wildman–Crippen LogP) is 3.23. The minimum Gasteiger partial charge on any atom is -0.339 e. The maximum atomic E-state index is 5.95. The zero-order valence-electron chi connectivity index (χ0n) is 9.54. The summed E-state index contributed by atoms with van der Waals surface area (Å²) < 4.78 is 0.894. The summed E-state index contributed by atoms with van der Waals surface area (Å²) in [5.41, 5.74) is 3.31. The van der Waals surface area contributed by atoms with Crippen LogP contribution in [0.3, 0.4) is 0 Å². The van der Waals surface area contributed by atoms with Gasteiger partial charge in [0.2, 0.25) is 0 Å². The number of nitrogens with one attached hydrogen (secondary N) is 2. The van der Waals surface area contributed by atoms with E-state index in [2.05, 4.69) is 36.6 Å². The number of rotatable bonds is 3. The van der Waals surface area contributed by atoms with Gasteiger partial charge in [-0.3, -0.25) is 0 Å². The largest absolute Gasteiger partial charge is 0.339 e. The second kappa shape index (κ2) is 5.51. The van der Waals surface area contributed by atoms with Crippen molar-refractivity contribution < 1.29 is 0 Å². The van der Waals surface area contributed by atoms with Gasteiger partial charge in [-0.1, -0.05) is 11.6 Å². The van der Waals surface area contributed by atoms with Gasteiger partial charge in [-0.25, -0.2) is 15.8 Å². The number of hydrazine groups is 1. The molecule has 18 heavy (non-hydrogen) atoms. The molecule has 2 rings (SSSR count). The normalized spacial score (nSPS) is 10.2. The molecule has 0 bridgehead atoms. The van der Waals surface area contributed by atoms with E-state index in [1.165, 1.54) is 0 Å². The van der Waals surface area contributed by atoms with E-state index >= 15 is 0 Å². The summed E-state index contributed by atoms with van der Waals surface area (Å²) in [6, 6.07) is 7.18. The van der Waals surface area contributed by atoms with Gasteiger partial charge in [-0.2, -0.15) is 0 Å². The van der Waals surface area contributed by atoms with E-state index in [1.54, 1.807) is 25.1 Å². The van der Waals surface area contributed by atoms with E-state index in [0.29, 0.717) is 22.5 Å². The number of hydrogen-bond acceptors (Lipinski definition) is 5. The summed E-state index contributed by atoms with van der Waals surface area (Å²) in [6.07, 6.45) is 0. The summed E-state index contributed by atoms with van der Waals surface area (Å²) in [6.45, 7) is 1.79. The first-order valence-electron chi connectivity index (χ1n) is 5.13. The molecule has 1 heterocycles. The van der Waals surface area contributed by atoms with Crippen LogP contribution in [-0.4, -0.2) is 9.97 Å². The number of anilines is 3. The van der Waals surface area contributed by atoms with E-state index in [-0.39, 0.29) is 0 Å². The summed E-state index contributed by atoms with van der Waals surface area (Å²) >= 11 is 9.38. The SMILES string of the molecule is Cc1nc(NN)cc(Nc2cc(Cl)ccc2Br)n1. The second-order valence-corrected chi connectivity index (χ2v) is 4.87. The molecule has 1 aromatic carbocycles. The molecule has 1 aromatic heterocycles. The first-order valence-corrected chi connectivity index (χ1v) is 6.30. The van der Waals surface area contributed by atoms with E-state index in [1.807, 2.05) is 6.07 Å². The highest BCUT2D eigenvalue weighted by atomic mass is 79.9. The third-order valence-corrected chi connectivity index (χ3v) is 3.10. The van der Waals surface area contributed by atoms with Gasteiger partial charge in [-0.15, -0.1) is 0 Å². The first-order chi connectivity index (χ1) is 8.58. The van der Waals surface area contributed by atoms with Crippen molar-refractivity contribution in [3.05, 3.63) is 39.6 Å². The fraction of sp³-hybridized carbons (Fsp3) is 0.0909. The molecule has 0 fully saturated rings. The number of aromatic nitrogens is 2. The quantitative estimate of drug-likeness (QED) is 0.596. The number of nitrogens with zero attached hydrogens (tertiary/aromatic N) is 2. The summed E-state index contributed by atoms with van der Waals surface area (Å²) in [7, 11) is 0. The summed E-state index contributed by atoms with van der Waals surface area (Å²) in [4.78, 5) is 8.38. The minimum atomic E-state index is 0.545. The predicted molar refractivity (Wildman–Crippen MR) is 77.0 cm³/mol. The van der Waals surface area contributed by atoms with Crippen molar-refractivity contribution in [3.63, 3.8) is 0 Å². The lowest BCUT2D eigenvalue weighted by molar-refractivity contribution is 1.05. The molecule has 0 saturated heterocycles. The van der Waals surface area contributed by atoms with Crippen LogP contribution in [0.1, 0.15) is 5.82 Å². The van der Waals surface area contributed by atoms with Gasteiger partial charge in [-0.05, 0) is 41.1 Å². The lowest BCUT2D eigenvalue weighted by Gasteiger charge is -2.10. The van der Waals surface area contributed by atoms with Crippen LogP contribution in [0.4, 0.5) is 17.3 Å². The Labute approximate surface area is 118 Å². The maximum absolute atomic E-state index is 5.95. The number of nitrogen functional groups attached to an aromatic ring is 1. The van der Waals surface area contributed by atoms with Crippen LogP contribution in [0.2, 0.25) is 5.02 Å². The van der Waals surface area contributed by atoms with Crippen LogP contribution in [0.25, 0.3) is 0 Å². The van der Waals surface area contributed by atoms with Crippen molar-refractivity contribution in [1.82, 2.24) is 9.97 Å². The van der Waals surface area contributed by atoms with Crippen molar-refractivity contribution in [1.29, 1.82) is 0 Å². The molecule has 0 atom stereocenters. The Kier molecular flexibility index (Phi) is 4.00. The van der Waals surface area contributed by atoms with Gasteiger partial charge >= 0.3 is 0 Å². The van der Waals surface area contributed by atoms with Crippen LogP contribution in [0.5, 0.6) is 0 Å². The summed E-state index contributed by atoms with van der Waals surface area (Å²) in [5.74, 6) is 7.14. The fourth-order valence-corrected chi connectivity index (χ4v) is 1.95. The van der Waals surface area contributed by atoms with E-state index < -0.39 is 0 Å². The van der Waals surface area contributed by atoms with Crippen LogP contribution >= 0.6 is 27.5 Å². The van der Waals surface area contributed by atoms with Gasteiger partial charge in [0, 0.05) is 15.6 Å². The van der Waals surface area contributed by atoms with Gasteiger partial charge in [0.05, 0.1) is 5.69 Å². The lowest BCUT2D eigenvalue weighted by Crippen LogP contribution is -2.10. The molecule has 7 heteroatoms. The minimum absolute atomic E-state index is 0.545. The molecule has 0 spiro atoms. The molecular formula is C11H11BrClN5. The highest BCUT2D eigenvalue weighted by molar-refractivity contribution is 9.10. The molecule has 0 aliphatic heterocycles. The van der Waals surface area contributed by atoms with Crippen molar-refractivity contribution in [2.24, 2.45) is 5.84 Å². The highest BCUT2D eigenvalue weighted by Gasteiger charge is 2.05. The molecule has 0 radical (unpaired) electrons. The van der Waals surface area contributed by atoms with Crippen LogP contribution < -0.4 is 16.6 Å². The van der Waals surface area contributed by atoms with Crippen molar-refractivity contribution >= 4 is 44.9 Å². The number of aryl methyl sites for hydroxylation is 1. The smallest absolute Gasteiger partial charge is 0.145 e. The van der Waals surface area contributed by atoms with Gasteiger partial charge in [0.25, 0.3) is 0 Å². The average molecular weight is 329 g/mol. The molecular weight excluding hydrogens is 318 g/mol.